The van der Waals surface area contributed by atoms with Gasteiger partial charge < -0.3 is 70.0 Å². The summed E-state index contributed by atoms with van der Waals surface area (Å²) in [4.78, 5) is 93.9. The van der Waals surface area contributed by atoms with Crippen LogP contribution in [-0.4, -0.2) is 148 Å². The molecule has 2 heterocycles. The first-order valence-corrected chi connectivity index (χ1v) is 29.3. The summed E-state index contributed by atoms with van der Waals surface area (Å²) in [6.07, 6.45) is 0.596. The average Bonchev–Trinajstić information content (AvgIpc) is 1.67. The summed E-state index contributed by atoms with van der Waals surface area (Å²) < 4.78 is 43.5. The minimum Gasteiger partial charge on any atom is -1.00 e. The average molecular weight is 1490 g/mol. The number of amides is 5. The summed E-state index contributed by atoms with van der Waals surface area (Å²) in [7, 11) is 0. The first-order valence-electron chi connectivity index (χ1n) is 27.7. The van der Waals surface area contributed by atoms with Crippen LogP contribution in [0.5, 0.6) is 0 Å². The number of hydrogen-bond donors (Lipinski definition) is 10. The Morgan fingerprint density at radius 2 is 1.04 bits per heavy atom. The van der Waals surface area contributed by atoms with Gasteiger partial charge in [0.15, 0.2) is 11.4 Å². The number of rotatable bonds is 24. The molecule has 524 valence electrons. The molecule has 0 bridgehead atoms. The Kier molecular flexibility index (Phi) is 47.5. The first-order chi connectivity index (χ1) is 43.5. The van der Waals surface area contributed by atoms with Crippen LogP contribution in [0, 0.1) is 17.5 Å². The van der Waals surface area contributed by atoms with Gasteiger partial charge in [0.2, 0.25) is 17.7 Å². The molecule has 13 N–H and O–H groups in total. The second-order valence-electron chi connectivity index (χ2n) is 21.7. The number of primary amides is 2. The number of hydrogen-bond acceptors (Lipinski definition) is 17. The van der Waals surface area contributed by atoms with Crippen LogP contribution < -0.4 is 141 Å². The Morgan fingerprint density at radius 3 is 1.41 bits per heavy atom. The van der Waals surface area contributed by atoms with Crippen LogP contribution in [0.15, 0.2) is 103 Å². The van der Waals surface area contributed by atoms with E-state index in [1.165, 1.54) is 52.4 Å². The van der Waals surface area contributed by atoms with Crippen LogP contribution in [0.25, 0.3) is 21.8 Å². The van der Waals surface area contributed by atoms with Gasteiger partial charge in [-0.25, -0.2) is 13.2 Å². The van der Waals surface area contributed by atoms with E-state index in [9.17, 15) is 56.9 Å². The summed E-state index contributed by atoms with van der Waals surface area (Å²) in [5.74, 6) is -5.49. The number of fused-ring (bicyclic) bond motifs is 2. The quantitative estimate of drug-likeness (QED) is 0.0128. The number of aryl methyl sites for hydroxylation is 1. The number of nitrogens with zero attached hydrogens (tertiary/aromatic N) is 5. The Morgan fingerprint density at radius 1 is 0.649 bits per heavy atom. The number of halogens is 7. The molecule has 0 saturated heterocycles. The molecule has 7 aromatic rings. The number of carboxylic acid groups (broad SMARTS) is 1. The van der Waals surface area contributed by atoms with Crippen molar-refractivity contribution in [2.24, 2.45) is 17.2 Å². The normalized spacial score (nSPS) is 10.4. The smallest absolute Gasteiger partial charge is 1.00 e. The fourth-order valence-electron chi connectivity index (χ4n) is 7.53. The molecular weight excluding hydrogens is 1410 g/mol. The van der Waals surface area contributed by atoms with Gasteiger partial charge in [0.1, 0.15) is 36.3 Å². The van der Waals surface area contributed by atoms with Crippen molar-refractivity contribution < 1.29 is 186 Å². The van der Waals surface area contributed by atoms with Crippen LogP contribution in [0.2, 0.25) is 15.1 Å². The molecule has 5 amide bonds. The third kappa shape index (κ3) is 36.8. The SMILES string of the molecule is C.C.CC(C)(O)CN.CC(C)(O)CN(CC(=O)NCc1cccc(Cl)c1F)C(=O)Cn1nc(C(N)=O)c2ccccc21.CC(C)(O)CNCC(=O)NCc1cccc(Cl)c1F.NC(=O)c1nn(CC(=O)O)c2ccccc12.O=C(CCl)CCc1cccc(Cl)c1F.O=CO[O-].[H-].[K+].[K+]. The van der Waals surface area contributed by atoms with Crippen LogP contribution >= 0.6 is 46.4 Å². The van der Waals surface area contributed by atoms with Crippen molar-refractivity contribution in [1.82, 2.24) is 40.4 Å². The molecular formula is C63H82Cl4F3K2N11O14. The van der Waals surface area contributed by atoms with E-state index in [1.54, 1.807) is 107 Å². The topological polar surface area (TPSA) is 403 Å². The number of Topliss-reactive ketones (excluding diaryl/α,β-unsaturated/α-hetero) is 1. The number of benzene rings is 5. The zero-order valence-corrected chi connectivity index (χ0v) is 62.6. The van der Waals surface area contributed by atoms with E-state index < -0.39 is 63.9 Å². The maximum absolute atomic E-state index is 14.1. The zero-order valence-electron chi connectivity index (χ0n) is 54.4. The number of nitrogens with two attached hydrogens (primary N) is 3. The number of aromatic nitrogens is 4. The fourth-order valence-corrected chi connectivity index (χ4v) is 8.25. The Bertz CT molecular complexity index is 3680. The largest absolute Gasteiger partial charge is 1.00 e. The number of nitrogens with one attached hydrogen (secondary N) is 3. The van der Waals surface area contributed by atoms with E-state index in [2.05, 4.69) is 31.0 Å². The second kappa shape index (κ2) is 47.9. The summed E-state index contributed by atoms with van der Waals surface area (Å²) in [6, 6.07) is 27.5. The van der Waals surface area contributed by atoms with Gasteiger partial charge >= 0.3 is 109 Å². The number of carbonyl (C=O) groups is 8. The van der Waals surface area contributed by atoms with Gasteiger partial charge in [-0.1, -0.05) is 122 Å². The number of carboxylic acids is 1. The number of carbonyl (C=O) groups excluding carboxylic acids is 7. The summed E-state index contributed by atoms with van der Waals surface area (Å²) >= 11 is 22.3. The van der Waals surface area contributed by atoms with Crippen molar-refractivity contribution in [3.05, 3.63) is 164 Å². The van der Waals surface area contributed by atoms with E-state index in [0.717, 1.165) is 0 Å². The molecule has 25 nitrogen and oxygen atoms in total. The number of para-hydroxylation sites is 2. The number of ketones is 1. The summed E-state index contributed by atoms with van der Waals surface area (Å²) in [5, 5.41) is 62.6. The van der Waals surface area contributed by atoms with Crippen LogP contribution in [0.4, 0.5) is 13.2 Å². The van der Waals surface area contributed by atoms with Crippen molar-refractivity contribution in [2.75, 3.05) is 38.6 Å². The van der Waals surface area contributed by atoms with Gasteiger partial charge in [-0.3, -0.25) is 47.7 Å². The predicted octanol–water partition coefficient (Wildman–Crippen LogP) is 0.282. The van der Waals surface area contributed by atoms with Gasteiger partial charge in [0, 0.05) is 61.0 Å². The van der Waals surface area contributed by atoms with E-state index in [-0.39, 0.29) is 227 Å². The van der Waals surface area contributed by atoms with Crippen molar-refractivity contribution in [3.63, 3.8) is 0 Å². The van der Waals surface area contributed by atoms with Crippen LogP contribution in [-0.2, 0) is 66.3 Å². The fraction of sp³-hybridized carbons (Fsp3) is 0.365. The Labute approximate surface area is 666 Å². The number of alkyl halides is 1. The number of aliphatic hydroxyl groups is 3. The predicted molar refractivity (Wildman–Crippen MR) is 355 cm³/mol. The van der Waals surface area contributed by atoms with Gasteiger partial charge in [-0.2, -0.15) is 10.2 Å². The molecule has 0 atom stereocenters. The Balaban J connectivity index is -0.000000594. The molecule has 0 radical (unpaired) electrons. The molecule has 5 aromatic carbocycles. The third-order valence-electron chi connectivity index (χ3n) is 11.9. The molecule has 0 fully saturated rings. The standard InChI is InChI=1S/C23H25ClFN5O4.C13H18ClFN2O2.C10H9Cl2FO.C10H9N3O3.C4H11NO.CH2O3.2CH4.2K.H/c1-23(2,34)13-29(11-18(31)27-10-14-6-5-8-16(24)20(14)25)19(32)12-30-17-9-4-3-7-15(17)21(28-30)22(26)33;1-13(2,19)8-16-7-11(18)17-6-9-4-3-5-10(14)12(9)15;11-6-8(14)5-4-7-2-1-3-9(12)10(7)13;11-10(16)9-6-3-1-2-4-7(6)13(12-9)5-8(14)15;1-4(2,6)3-5;2-1-4-3;;;;;/h3-9,34H,10-13H2,1-2H3,(H2,26,33)(H,27,31);3-5,16,19H,6-8H2,1-2H3,(H,17,18);1-3H,4-6H2;1-4H,5H2,(H2,11,16)(H,14,15);6H,3,5H2,1-2H3;1,3H;2*1H4;;;/q;;;;;;;;2*+1;-1/p-1. The zero-order chi connectivity index (χ0) is 70.4. The minimum atomic E-state index is -1.29. The molecule has 0 unspecified atom stereocenters. The molecule has 97 heavy (non-hydrogen) atoms. The monoisotopic (exact) mass is 1490 g/mol. The second-order valence-corrected chi connectivity index (χ2v) is 23.2. The van der Waals surface area contributed by atoms with Gasteiger partial charge in [0.05, 0.1) is 61.9 Å². The van der Waals surface area contributed by atoms with Gasteiger partial charge in [0.25, 0.3) is 18.3 Å². The van der Waals surface area contributed by atoms with E-state index >= 15 is 0 Å². The van der Waals surface area contributed by atoms with Crippen molar-refractivity contribution in [3.8, 4) is 0 Å². The summed E-state index contributed by atoms with van der Waals surface area (Å²) in [6.45, 7) is 8.97. The van der Waals surface area contributed by atoms with Gasteiger partial charge in [-0.15, -0.1) is 11.6 Å². The van der Waals surface area contributed by atoms with Crippen molar-refractivity contribution in [2.45, 2.75) is 112 Å². The van der Waals surface area contributed by atoms with Crippen molar-refractivity contribution >= 4 is 116 Å². The minimum absolute atomic E-state index is 0. The summed E-state index contributed by atoms with van der Waals surface area (Å²) in [5.41, 5.74) is 15.0. The van der Waals surface area contributed by atoms with Crippen LogP contribution in [0.1, 0.15) is 102 Å². The molecule has 34 heteroatoms. The maximum Gasteiger partial charge on any atom is 1.00 e. The van der Waals surface area contributed by atoms with E-state index in [1.807, 2.05) is 0 Å². The molecule has 0 aliphatic rings. The molecule has 0 saturated carbocycles. The molecule has 0 spiro atoms. The molecule has 7 rings (SSSR count). The molecule has 2 aromatic heterocycles. The van der Waals surface area contributed by atoms with Gasteiger partial charge in [-0.05, 0) is 83.9 Å². The molecule has 0 aliphatic heterocycles. The number of aliphatic carboxylic acids is 1. The first kappa shape index (κ1) is 96.2. The van der Waals surface area contributed by atoms with Crippen LogP contribution in [0.3, 0.4) is 0 Å². The third-order valence-corrected chi connectivity index (χ3v) is 13.0. The molecule has 0 aliphatic carbocycles. The Hall–Kier alpha value is -5.02. The van der Waals surface area contributed by atoms with E-state index in [4.69, 9.17) is 83.9 Å². The van der Waals surface area contributed by atoms with Crippen molar-refractivity contribution in [1.29, 1.82) is 0 Å². The maximum atomic E-state index is 14.1. The van der Waals surface area contributed by atoms with E-state index in [0.29, 0.717) is 52.4 Å².